The molecule has 1 fully saturated rings. The summed E-state index contributed by atoms with van der Waals surface area (Å²) in [6.45, 7) is 3.42. The number of hydrogen-bond acceptors (Lipinski definition) is 1. The van der Waals surface area contributed by atoms with Crippen molar-refractivity contribution in [2.75, 3.05) is 6.54 Å². The lowest BCUT2D eigenvalue weighted by atomic mass is 9.84. The third-order valence-corrected chi connectivity index (χ3v) is 4.90. The molecule has 1 nitrogen and oxygen atoms in total. The van der Waals surface area contributed by atoms with Gasteiger partial charge in [0.1, 0.15) is 0 Å². The molecule has 0 amide bonds. The summed E-state index contributed by atoms with van der Waals surface area (Å²) >= 11 is 9.82. The quantitative estimate of drug-likeness (QED) is 0.826. The number of hydrogen-bond donors (Lipinski definition) is 1. The van der Waals surface area contributed by atoms with E-state index in [9.17, 15) is 0 Å². The molecule has 1 aromatic rings. The van der Waals surface area contributed by atoms with Gasteiger partial charge in [-0.2, -0.15) is 0 Å². The molecule has 0 spiro atoms. The van der Waals surface area contributed by atoms with Crippen LogP contribution in [-0.2, 0) is 6.42 Å². The fourth-order valence-electron chi connectivity index (χ4n) is 2.81. The average molecular weight is 331 g/mol. The minimum Gasteiger partial charge on any atom is -0.311 e. The predicted molar refractivity (Wildman–Crippen MR) is 82.3 cm³/mol. The van der Waals surface area contributed by atoms with Crippen LogP contribution in [0.5, 0.6) is 0 Å². The maximum absolute atomic E-state index is 6.35. The lowest BCUT2D eigenvalue weighted by Crippen LogP contribution is -2.46. The summed E-state index contributed by atoms with van der Waals surface area (Å²) < 4.78 is 1.05. The predicted octanol–water partition coefficient (Wildman–Crippen LogP) is 4.96. The standard InChI is InChI=1S/C15H21BrClN/c1-2-15(8-4-3-5-9-18-15)11-12-6-7-13(16)10-14(12)17/h6-7,10,18H,2-5,8-9,11H2,1H3. The molecule has 0 aromatic heterocycles. The van der Waals surface area contributed by atoms with E-state index in [0.29, 0.717) is 0 Å². The van der Waals surface area contributed by atoms with Crippen LogP contribution in [0.25, 0.3) is 0 Å². The molecule has 1 aliphatic rings. The maximum Gasteiger partial charge on any atom is 0.0449 e. The van der Waals surface area contributed by atoms with E-state index in [0.717, 1.165) is 22.5 Å². The first-order valence-corrected chi connectivity index (χ1v) is 8.01. The van der Waals surface area contributed by atoms with Crippen LogP contribution >= 0.6 is 27.5 Å². The molecule has 1 atom stereocenters. The normalized spacial score (nSPS) is 24.8. The zero-order valence-electron chi connectivity index (χ0n) is 10.9. The molecule has 3 heteroatoms. The highest BCUT2D eigenvalue weighted by Crippen LogP contribution is 2.30. The Bertz CT molecular complexity index is 397. The lowest BCUT2D eigenvalue weighted by Gasteiger charge is -2.33. The van der Waals surface area contributed by atoms with Crippen molar-refractivity contribution < 1.29 is 0 Å². The first-order chi connectivity index (χ1) is 8.65. The summed E-state index contributed by atoms with van der Waals surface area (Å²) in [7, 11) is 0. The van der Waals surface area contributed by atoms with Gasteiger partial charge in [0, 0.05) is 15.0 Å². The topological polar surface area (TPSA) is 12.0 Å². The third-order valence-electron chi connectivity index (χ3n) is 4.05. The Morgan fingerprint density at radius 3 is 2.89 bits per heavy atom. The number of nitrogens with one attached hydrogen (secondary N) is 1. The van der Waals surface area contributed by atoms with Crippen molar-refractivity contribution in [2.45, 2.75) is 51.0 Å². The Balaban J connectivity index is 2.18. The van der Waals surface area contributed by atoms with E-state index < -0.39 is 0 Å². The highest BCUT2D eigenvalue weighted by atomic mass is 79.9. The summed E-state index contributed by atoms with van der Waals surface area (Å²) in [5.74, 6) is 0. The van der Waals surface area contributed by atoms with Crippen LogP contribution in [0.1, 0.15) is 44.6 Å². The molecule has 0 radical (unpaired) electrons. The molecule has 2 rings (SSSR count). The molecule has 0 saturated carbocycles. The molecule has 1 aliphatic heterocycles. The maximum atomic E-state index is 6.35. The van der Waals surface area contributed by atoms with Gasteiger partial charge in [-0.3, -0.25) is 0 Å². The van der Waals surface area contributed by atoms with Crippen LogP contribution in [0.2, 0.25) is 5.02 Å². The minimum atomic E-state index is 0.244. The molecule has 1 saturated heterocycles. The van der Waals surface area contributed by atoms with Gasteiger partial charge < -0.3 is 5.32 Å². The van der Waals surface area contributed by atoms with Crippen molar-refractivity contribution in [3.63, 3.8) is 0 Å². The van der Waals surface area contributed by atoms with Gasteiger partial charge in [0.15, 0.2) is 0 Å². The van der Waals surface area contributed by atoms with Crippen LogP contribution in [0.3, 0.4) is 0 Å². The lowest BCUT2D eigenvalue weighted by molar-refractivity contribution is 0.302. The Kier molecular flexibility index (Phi) is 5.11. The van der Waals surface area contributed by atoms with Gasteiger partial charge in [0.05, 0.1) is 0 Å². The average Bonchev–Trinajstić information content (AvgIpc) is 2.59. The Morgan fingerprint density at radius 2 is 2.17 bits per heavy atom. The smallest absolute Gasteiger partial charge is 0.0449 e. The van der Waals surface area contributed by atoms with Gasteiger partial charge >= 0.3 is 0 Å². The second-order valence-corrected chi connectivity index (χ2v) is 6.61. The van der Waals surface area contributed by atoms with Gasteiger partial charge in [-0.1, -0.05) is 53.4 Å². The van der Waals surface area contributed by atoms with Crippen molar-refractivity contribution in [3.05, 3.63) is 33.3 Å². The Hall–Kier alpha value is -0.0500. The Morgan fingerprint density at radius 1 is 1.33 bits per heavy atom. The summed E-state index contributed by atoms with van der Waals surface area (Å²) in [5.41, 5.74) is 1.50. The second-order valence-electron chi connectivity index (χ2n) is 5.28. The van der Waals surface area contributed by atoms with Crippen LogP contribution in [0.15, 0.2) is 22.7 Å². The van der Waals surface area contributed by atoms with Crippen molar-refractivity contribution in [1.82, 2.24) is 5.32 Å². The molecule has 1 heterocycles. The van der Waals surface area contributed by atoms with E-state index in [2.05, 4.69) is 40.3 Å². The largest absolute Gasteiger partial charge is 0.311 e. The summed E-state index contributed by atoms with van der Waals surface area (Å²) in [6, 6.07) is 6.23. The molecular weight excluding hydrogens is 310 g/mol. The Labute approximate surface area is 123 Å². The minimum absolute atomic E-state index is 0.244. The van der Waals surface area contributed by atoms with E-state index in [1.807, 2.05) is 6.07 Å². The number of benzene rings is 1. The highest BCUT2D eigenvalue weighted by Gasteiger charge is 2.29. The van der Waals surface area contributed by atoms with Crippen molar-refractivity contribution >= 4 is 27.5 Å². The van der Waals surface area contributed by atoms with E-state index >= 15 is 0 Å². The summed E-state index contributed by atoms with van der Waals surface area (Å²) in [5, 5.41) is 4.64. The van der Waals surface area contributed by atoms with Crippen LogP contribution in [-0.4, -0.2) is 12.1 Å². The zero-order chi connectivity index (χ0) is 13.0. The summed E-state index contributed by atoms with van der Waals surface area (Å²) in [4.78, 5) is 0. The SMILES string of the molecule is CCC1(Cc2ccc(Br)cc2Cl)CCCCCN1. The number of rotatable bonds is 3. The van der Waals surface area contributed by atoms with Crippen LogP contribution in [0, 0.1) is 0 Å². The number of halogens is 2. The van der Waals surface area contributed by atoms with E-state index in [-0.39, 0.29) is 5.54 Å². The second kappa shape index (κ2) is 6.40. The van der Waals surface area contributed by atoms with Crippen LogP contribution < -0.4 is 5.32 Å². The van der Waals surface area contributed by atoms with Gasteiger partial charge in [-0.05, 0) is 49.9 Å². The van der Waals surface area contributed by atoms with E-state index in [1.165, 1.54) is 37.7 Å². The molecule has 0 aliphatic carbocycles. The third kappa shape index (κ3) is 3.49. The van der Waals surface area contributed by atoms with Gasteiger partial charge in [0.2, 0.25) is 0 Å². The highest BCUT2D eigenvalue weighted by molar-refractivity contribution is 9.10. The van der Waals surface area contributed by atoms with E-state index in [4.69, 9.17) is 11.6 Å². The van der Waals surface area contributed by atoms with Crippen molar-refractivity contribution in [3.8, 4) is 0 Å². The van der Waals surface area contributed by atoms with Gasteiger partial charge in [-0.15, -0.1) is 0 Å². The van der Waals surface area contributed by atoms with Crippen LogP contribution in [0.4, 0.5) is 0 Å². The fraction of sp³-hybridized carbons (Fsp3) is 0.600. The molecule has 0 bridgehead atoms. The first-order valence-electron chi connectivity index (χ1n) is 6.84. The van der Waals surface area contributed by atoms with Gasteiger partial charge in [0.25, 0.3) is 0 Å². The molecular formula is C15H21BrClN. The van der Waals surface area contributed by atoms with Gasteiger partial charge in [-0.25, -0.2) is 0 Å². The fourth-order valence-corrected chi connectivity index (χ4v) is 3.55. The van der Waals surface area contributed by atoms with E-state index in [1.54, 1.807) is 0 Å². The molecule has 1 N–H and O–H groups in total. The molecule has 1 aromatic carbocycles. The summed E-state index contributed by atoms with van der Waals surface area (Å²) in [6.07, 6.45) is 7.44. The monoisotopic (exact) mass is 329 g/mol. The molecule has 18 heavy (non-hydrogen) atoms. The first kappa shape index (κ1) is 14.4. The molecule has 100 valence electrons. The van der Waals surface area contributed by atoms with Crippen molar-refractivity contribution in [2.24, 2.45) is 0 Å². The van der Waals surface area contributed by atoms with Crippen molar-refractivity contribution in [1.29, 1.82) is 0 Å². The zero-order valence-corrected chi connectivity index (χ0v) is 13.3. The molecule has 1 unspecified atom stereocenters.